The van der Waals surface area contributed by atoms with E-state index in [0.29, 0.717) is 0 Å². The molecule has 0 aromatic carbocycles. The summed E-state index contributed by atoms with van der Waals surface area (Å²) >= 11 is 2.86. The van der Waals surface area contributed by atoms with Crippen LogP contribution in [0.4, 0.5) is 0 Å². The zero-order chi connectivity index (χ0) is 12.4. The van der Waals surface area contributed by atoms with E-state index in [0.717, 1.165) is 20.1 Å². The highest BCUT2D eigenvalue weighted by Crippen LogP contribution is 2.31. The van der Waals surface area contributed by atoms with Crippen LogP contribution in [0, 0.1) is 6.92 Å². The van der Waals surface area contributed by atoms with Crippen LogP contribution >= 0.6 is 23.1 Å². The van der Waals surface area contributed by atoms with Crippen molar-refractivity contribution in [2.24, 2.45) is 7.05 Å². The van der Waals surface area contributed by atoms with Gasteiger partial charge in [-0.05, 0) is 18.7 Å². The predicted molar refractivity (Wildman–Crippen MR) is 65.5 cm³/mol. The molecule has 0 unspecified atom stereocenters. The Balaban J connectivity index is 2.18. The number of nitrogens with zero attached hydrogens (tertiary/aromatic N) is 3. The third-order valence-electron chi connectivity index (χ3n) is 2.14. The van der Waals surface area contributed by atoms with E-state index >= 15 is 0 Å². The first-order valence-electron chi connectivity index (χ1n) is 4.89. The Hall–Kier alpha value is -1.34. The summed E-state index contributed by atoms with van der Waals surface area (Å²) < 4.78 is 2.73. The van der Waals surface area contributed by atoms with Crippen LogP contribution in [0.15, 0.2) is 21.9 Å². The third-order valence-corrected chi connectivity index (χ3v) is 4.43. The fourth-order valence-corrected chi connectivity index (χ4v) is 3.41. The van der Waals surface area contributed by atoms with E-state index in [1.54, 1.807) is 6.20 Å². The van der Waals surface area contributed by atoms with Gasteiger partial charge < -0.3 is 9.67 Å². The van der Waals surface area contributed by atoms with Crippen molar-refractivity contribution in [2.75, 3.05) is 0 Å². The highest BCUT2D eigenvalue weighted by molar-refractivity contribution is 8.00. The summed E-state index contributed by atoms with van der Waals surface area (Å²) in [5, 5.41) is 9.60. The predicted octanol–water partition coefficient (Wildman–Crippen LogP) is 1.96. The van der Waals surface area contributed by atoms with Gasteiger partial charge in [-0.15, -0.1) is 11.3 Å². The van der Waals surface area contributed by atoms with Crippen LogP contribution in [0.2, 0.25) is 0 Å². The summed E-state index contributed by atoms with van der Waals surface area (Å²) in [4.78, 5) is 20.0. The van der Waals surface area contributed by atoms with Gasteiger partial charge in [0.1, 0.15) is 0 Å². The first kappa shape index (κ1) is 12.1. The molecule has 0 bridgehead atoms. The molecule has 2 aromatic heterocycles. The number of aryl methyl sites for hydroxylation is 2. The number of carboxylic acids is 1. The lowest BCUT2D eigenvalue weighted by Gasteiger charge is -1.96. The maximum Gasteiger partial charge on any atom is 0.308 e. The summed E-state index contributed by atoms with van der Waals surface area (Å²) in [5.41, 5.74) is 0.786. The minimum atomic E-state index is -0.828. The second kappa shape index (κ2) is 4.89. The van der Waals surface area contributed by atoms with Gasteiger partial charge in [0.05, 0.1) is 12.1 Å². The van der Waals surface area contributed by atoms with Crippen molar-refractivity contribution in [3.05, 3.63) is 23.0 Å². The van der Waals surface area contributed by atoms with Crippen LogP contribution in [-0.2, 0) is 18.3 Å². The lowest BCUT2D eigenvalue weighted by atomic mass is 10.3. The van der Waals surface area contributed by atoms with Crippen LogP contribution in [0.25, 0.3) is 0 Å². The SMILES string of the molecule is Cc1nc(Sc2nccn2C)sc1CC(=O)O. The van der Waals surface area contributed by atoms with Crippen molar-refractivity contribution in [2.45, 2.75) is 22.8 Å². The fourth-order valence-electron chi connectivity index (χ4n) is 1.27. The molecule has 0 radical (unpaired) electrons. The second-order valence-corrected chi connectivity index (χ2v) is 5.78. The number of hydrogen-bond donors (Lipinski definition) is 1. The van der Waals surface area contributed by atoms with Crippen molar-refractivity contribution in [1.29, 1.82) is 0 Å². The molecule has 0 amide bonds. The lowest BCUT2D eigenvalue weighted by Crippen LogP contribution is -1.99. The number of hydrogen-bond acceptors (Lipinski definition) is 5. The first-order valence-corrected chi connectivity index (χ1v) is 6.53. The van der Waals surface area contributed by atoms with Crippen LogP contribution < -0.4 is 0 Å². The minimum absolute atomic E-state index is 0.0324. The smallest absolute Gasteiger partial charge is 0.308 e. The zero-order valence-corrected chi connectivity index (χ0v) is 11.0. The van der Waals surface area contributed by atoms with Crippen molar-refractivity contribution in [3.8, 4) is 0 Å². The molecule has 0 atom stereocenters. The normalized spacial score (nSPS) is 10.7. The molecule has 0 aliphatic rings. The van der Waals surface area contributed by atoms with Crippen LogP contribution in [0.3, 0.4) is 0 Å². The maximum absolute atomic E-state index is 10.7. The number of aromatic nitrogens is 3. The molecule has 17 heavy (non-hydrogen) atoms. The molecule has 7 heteroatoms. The molecule has 90 valence electrons. The quantitative estimate of drug-likeness (QED) is 0.919. The molecule has 0 spiro atoms. The topological polar surface area (TPSA) is 68.0 Å². The Morgan fingerprint density at radius 1 is 1.65 bits per heavy atom. The van der Waals surface area contributed by atoms with Crippen LogP contribution in [0.1, 0.15) is 10.6 Å². The summed E-state index contributed by atoms with van der Waals surface area (Å²) in [5.74, 6) is -0.828. The van der Waals surface area contributed by atoms with Crippen LogP contribution in [-0.4, -0.2) is 25.6 Å². The summed E-state index contributed by atoms with van der Waals surface area (Å²) in [6.07, 6.45) is 3.62. The molecule has 0 saturated carbocycles. The van der Waals surface area contributed by atoms with Gasteiger partial charge in [0.25, 0.3) is 0 Å². The average molecular weight is 269 g/mol. The largest absolute Gasteiger partial charge is 0.481 e. The van der Waals surface area contributed by atoms with Gasteiger partial charge >= 0.3 is 5.97 Å². The molecule has 0 aliphatic carbocycles. The Bertz CT molecular complexity index is 547. The number of carboxylic acid groups (broad SMARTS) is 1. The fraction of sp³-hybridized carbons (Fsp3) is 0.300. The Labute approximate surface area is 107 Å². The Morgan fingerprint density at radius 2 is 2.41 bits per heavy atom. The molecule has 0 fully saturated rings. The Kier molecular flexibility index (Phi) is 3.49. The van der Waals surface area contributed by atoms with Crippen molar-refractivity contribution in [3.63, 3.8) is 0 Å². The van der Waals surface area contributed by atoms with E-state index < -0.39 is 5.97 Å². The van der Waals surface area contributed by atoms with Crippen molar-refractivity contribution < 1.29 is 9.90 Å². The number of aliphatic carboxylic acids is 1. The van der Waals surface area contributed by atoms with Crippen LogP contribution in [0.5, 0.6) is 0 Å². The minimum Gasteiger partial charge on any atom is -0.481 e. The van der Waals surface area contributed by atoms with E-state index in [4.69, 9.17) is 5.11 Å². The molecular weight excluding hydrogens is 258 g/mol. The van der Waals surface area contributed by atoms with Gasteiger partial charge in [0.15, 0.2) is 9.50 Å². The first-order chi connectivity index (χ1) is 8.06. The summed E-state index contributed by atoms with van der Waals surface area (Å²) in [6.45, 7) is 1.83. The second-order valence-electron chi connectivity index (χ2n) is 3.48. The Morgan fingerprint density at radius 3 is 3.00 bits per heavy atom. The van der Waals surface area contributed by atoms with E-state index in [1.165, 1.54) is 23.1 Å². The van der Waals surface area contributed by atoms with Gasteiger partial charge in [0, 0.05) is 24.3 Å². The highest BCUT2D eigenvalue weighted by atomic mass is 32.2. The molecule has 0 saturated heterocycles. The van der Waals surface area contributed by atoms with Crippen molar-refractivity contribution >= 4 is 29.1 Å². The molecule has 2 heterocycles. The number of thiazole rings is 1. The van der Waals surface area contributed by atoms with Gasteiger partial charge in [-0.1, -0.05) is 0 Å². The molecular formula is C10H11N3O2S2. The number of rotatable bonds is 4. The maximum atomic E-state index is 10.7. The third kappa shape index (κ3) is 2.86. The van der Waals surface area contributed by atoms with Crippen molar-refractivity contribution in [1.82, 2.24) is 14.5 Å². The van der Waals surface area contributed by atoms with E-state index in [-0.39, 0.29) is 6.42 Å². The van der Waals surface area contributed by atoms with Gasteiger partial charge in [-0.3, -0.25) is 4.79 Å². The number of imidazole rings is 1. The zero-order valence-electron chi connectivity index (χ0n) is 9.38. The monoisotopic (exact) mass is 269 g/mol. The van der Waals surface area contributed by atoms with Gasteiger partial charge in [0.2, 0.25) is 0 Å². The molecule has 0 aliphatic heterocycles. The van der Waals surface area contributed by atoms with E-state index in [9.17, 15) is 4.79 Å². The standard InChI is InChI=1S/C10H11N3O2S2/c1-6-7(5-8(14)15)16-10(12-6)17-9-11-3-4-13(9)2/h3-4H,5H2,1-2H3,(H,14,15). The van der Waals surface area contributed by atoms with Gasteiger partial charge in [-0.25, -0.2) is 9.97 Å². The number of carbonyl (C=O) groups is 1. The van der Waals surface area contributed by atoms with E-state index in [2.05, 4.69) is 9.97 Å². The molecule has 1 N–H and O–H groups in total. The highest BCUT2D eigenvalue weighted by Gasteiger charge is 2.13. The molecule has 2 aromatic rings. The van der Waals surface area contributed by atoms with Gasteiger partial charge in [-0.2, -0.15) is 0 Å². The summed E-state index contributed by atoms with van der Waals surface area (Å²) in [6, 6.07) is 0. The molecule has 2 rings (SSSR count). The average Bonchev–Trinajstić information content (AvgIpc) is 2.76. The van der Waals surface area contributed by atoms with E-state index in [1.807, 2.05) is 24.7 Å². The lowest BCUT2D eigenvalue weighted by molar-refractivity contribution is -0.136. The summed E-state index contributed by atoms with van der Waals surface area (Å²) in [7, 11) is 1.91. The molecule has 5 nitrogen and oxygen atoms in total.